The van der Waals surface area contributed by atoms with Crippen molar-refractivity contribution in [1.82, 2.24) is 10.6 Å². The van der Waals surface area contributed by atoms with Gasteiger partial charge in [-0.25, -0.2) is 0 Å². The number of nitrogens with one attached hydrogen (secondary N) is 2. The van der Waals surface area contributed by atoms with E-state index in [0.717, 1.165) is 37.1 Å². The van der Waals surface area contributed by atoms with Crippen LogP contribution in [-0.2, 0) is 20.9 Å². The third-order valence-electron chi connectivity index (χ3n) is 4.04. The molecule has 0 bridgehead atoms. The summed E-state index contributed by atoms with van der Waals surface area (Å²) in [7, 11) is 1.38. The molecule has 1 unspecified atom stereocenters. The zero-order valence-electron chi connectivity index (χ0n) is 14.6. The zero-order valence-corrected chi connectivity index (χ0v) is 15.4. The van der Waals surface area contributed by atoms with Gasteiger partial charge in [-0.05, 0) is 43.5 Å². The van der Waals surface area contributed by atoms with Crippen molar-refractivity contribution >= 4 is 24.3 Å². The van der Waals surface area contributed by atoms with Gasteiger partial charge in [0.15, 0.2) is 0 Å². The maximum absolute atomic E-state index is 12.1. The van der Waals surface area contributed by atoms with Crippen molar-refractivity contribution in [3.05, 3.63) is 29.8 Å². The molecule has 1 aliphatic heterocycles. The molecule has 0 radical (unpaired) electrons. The van der Waals surface area contributed by atoms with Crippen molar-refractivity contribution in [2.45, 2.75) is 44.7 Å². The first-order chi connectivity index (χ1) is 11.7. The van der Waals surface area contributed by atoms with Crippen molar-refractivity contribution in [3.8, 4) is 5.75 Å². The van der Waals surface area contributed by atoms with E-state index in [-0.39, 0.29) is 30.3 Å². The average molecular weight is 371 g/mol. The second kappa shape index (κ2) is 11.7. The Morgan fingerprint density at radius 3 is 2.64 bits per heavy atom. The predicted octanol–water partition coefficient (Wildman–Crippen LogP) is 2.20. The van der Waals surface area contributed by atoms with Crippen LogP contribution >= 0.6 is 12.4 Å². The zero-order chi connectivity index (χ0) is 17.2. The number of amides is 1. The number of hydrogen-bond acceptors (Lipinski definition) is 5. The summed E-state index contributed by atoms with van der Waals surface area (Å²) in [5.74, 6) is 0.596. The molecular formula is C18H27ClN2O4. The SMILES string of the molecule is COC(=O)CCCOc1ccc(CNC(=O)C2CCCCN2)cc1.Cl. The molecule has 0 saturated carbocycles. The first-order valence-corrected chi connectivity index (χ1v) is 8.48. The molecule has 2 rings (SSSR count). The summed E-state index contributed by atoms with van der Waals surface area (Å²) in [5, 5.41) is 6.21. The van der Waals surface area contributed by atoms with E-state index in [4.69, 9.17) is 4.74 Å². The number of halogens is 1. The first kappa shape index (κ1) is 21.3. The van der Waals surface area contributed by atoms with E-state index in [2.05, 4.69) is 15.4 Å². The third-order valence-corrected chi connectivity index (χ3v) is 4.04. The number of hydrogen-bond donors (Lipinski definition) is 2. The Kier molecular flexibility index (Phi) is 9.96. The molecule has 1 fully saturated rings. The highest BCUT2D eigenvalue weighted by Gasteiger charge is 2.19. The molecule has 1 saturated heterocycles. The van der Waals surface area contributed by atoms with Crippen LogP contribution in [0.1, 0.15) is 37.7 Å². The molecule has 1 heterocycles. The number of ether oxygens (including phenoxy) is 2. The number of methoxy groups -OCH3 is 1. The molecule has 1 aromatic rings. The Balaban J connectivity index is 0.00000312. The van der Waals surface area contributed by atoms with Crippen LogP contribution in [0.5, 0.6) is 5.75 Å². The maximum atomic E-state index is 12.1. The lowest BCUT2D eigenvalue weighted by molar-refractivity contribution is -0.140. The smallest absolute Gasteiger partial charge is 0.305 e. The molecule has 7 heteroatoms. The Bertz CT molecular complexity index is 530. The highest BCUT2D eigenvalue weighted by molar-refractivity contribution is 5.85. The summed E-state index contributed by atoms with van der Waals surface area (Å²) < 4.78 is 10.1. The van der Waals surface area contributed by atoms with Gasteiger partial charge in [0.05, 0.1) is 19.8 Å². The molecule has 1 aliphatic rings. The summed E-state index contributed by atoms with van der Waals surface area (Å²) in [6, 6.07) is 7.56. The van der Waals surface area contributed by atoms with Gasteiger partial charge in [0.2, 0.25) is 5.91 Å². The van der Waals surface area contributed by atoms with Crippen molar-refractivity contribution < 1.29 is 19.1 Å². The summed E-state index contributed by atoms with van der Waals surface area (Å²) >= 11 is 0. The summed E-state index contributed by atoms with van der Waals surface area (Å²) in [4.78, 5) is 23.0. The van der Waals surface area contributed by atoms with Crippen LogP contribution in [0, 0.1) is 0 Å². The molecule has 0 spiro atoms. The minimum Gasteiger partial charge on any atom is -0.494 e. The molecule has 0 aliphatic carbocycles. The second-order valence-corrected chi connectivity index (χ2v) is 5.89. The molecule has 2 N–H and O–H groups in total. The summed E-state index contributed by atoms with van der Waals surface area (Å²) in [5.41, 5.74) is 1.03. The number of esters is 1. The number of rotatable bonds is 8. The Labute approximate surface area is 155 Å². The van der Waals surface area contributed by atoms with E-state index in [9.17, 15) is 9.59 Å². The highest BCUT2D eigenvalue weighted by Crippen LogP contribution is 2.13. The van der Waals surface area contributed by atoms with Gasteiger partial charge in [0.25, 0.3) is 0 Å². The summed E-state index contributed by atoms with van der Waals surface area (Å²) in [6.45, 7) is 1.90. The Morgan fingerprint density at radius 1 is 1.24 bits per heavy atom. The van der Waals surface area contributed by atoms with Crippen molar-refractivity contribution in [3.63, 3.8) is 0 Å². The highest BCUT2D eigenvalue weighted by atomic mass is 35.5. The minimum atomic E-state index is -0.225. The molecule has 25 heavy (non-hydrogen) atoms. The van der Waals surface area contributed by atoms with Crippen LogP contribution in [0.3, 0.4) is 0 Å². The largest absolute Gasteiger partial charge is 0.494 e. The lowest BCUT2D eigenvalue weighted by Crippen LogP contribution is -2.46. The van der Waals surface area contributed by atoms with E-state index >= 15 is 0 Å². The fraction of sp³-hybridized carbons (Fsp3) is 0.556. The van der Waals surface area contributed by atoms with Gasteiger partial charge in [-0.3, -0.25) is 9.59 Å². The minimum absolute atomic E-state index is 0. The van der Waals surface area contributed by atoms with Gasteiger partial charge in [-0.2, -0.15) is 0 Å². The lowest BCUT2D eigenvalue weighted by atomic mass is 10.0. The number of carbonyl (C=O) groups excluding carboxylic acids is 2. The van der Waals surface area contributed by atoms with Crippen LogP contribution < -0.4 is 15.4 Å². The number of piperidine rings is 1. The van der Waals surface area contributed by atoms with Gasteiger partial charge in [0, 0.05) is 13.0 Å². The van der Waals surface area contributed by atoms with Crippen LogP contribution in [0.4, 0.5) is 0 Å². The second-order valence-electron chi connectivity index (χ2n) is 5.89. The van der Waals surface area contributed by atoms with E-state index in [0.29, 0.717) is 26.0 Å². The lowest BCUT2D eigenvalue weighted by Gasteiger charge is -2.22. The van der Waals surface area contributed by atoms with Crippen molar-refractivity contribution in [2.75, 3.05) is 20.3 Å². The molecule has 0 aromatic heterocycles. The summed E-state index contributed by atoms with van der Waals surface area (Å²) in [6.07, 6.45) is 4.14. The molecule has 140 valence electrons. The van der Waals surface area contributed by atoms with E-state index in [1.165, 1.54) is 7.11 Å². The molecular weight excluding hydrogens is 344 g/mol. The van der Waals surface area contributed by atoms with Crippen molar-refractivity contribution in [2.24, 2.45) is 0 Å². The van der Waals surface area contributed by atoms with E-state index in [1.807, 2.05) is 24.3 Å². The van der Waals surface area contributed by atoms with Gasteiger partial charge in [0.1, 0.15) is 5.75 Å². The normalized spacial score (nSPS) is 16.4. The van der Waals surface area contributed by atoms with E-state index < -0.39 is 0 Å². The van der Waals surface area contributed by atoms with Crippen LogP contribution in [-0.4, -0.2) is 38.2 Å². The van der Waals surface area contributed by atoms with E-state index in [1.54, 1.807) is 0 Å². The van der Waals surface area contributed by atoms with Gasteiger partial charge in [-0.1, -0.05) is 18.6 Å². The first-order valence-electron chi connectivity index (χ1n) is 8.48. The third kappa shape index (κ3) is 7.75. The van der Waals surface area contributed by atoms with Gasteiger partial charge < -0.3 is 20.1 Å². The molecule has 1 amide bonds. The molecule has 6 nitrogen and oxygen atoms in total. The number of carbonyl (C=O) groups is 2. The predicted molar refractivity (Wildman–Crippen MR) is 97.9 cm³/mol. The number of benzene rings is 1. The quantitative estimate of drug-likeness (QED) is 0.542. The van der Waals surface area contributed by atoms with Crippen LogP contribution in [0.2, 0.25) is 0 Å². The maximum Gasteiger partial charge on any atom is 0.305 e. The standard InChI is InChI=1S/C18H26N2O4.ClH/c1-23-17(21)6-4-12-24-15-9-7-14(8-10-15)13-20-18(22)16-5-2-3-11-19-16;/h7-10,16,19H,2-6,11-13H2,1H3,(H,20,22);1H. The average Bonchev–Trinajstić information content (AvgIpc) is 2.64. The fourth-order valence-corrected chi connectivity index (χ4v) is 2.60. The molecule has 1 atom stereocenters. The van der Waals surface area contributed by atoms with Crippen molar-refractivity contribution in [1.29, 1.82) is 0 Å². The Morgan fingerprint density at radius 2 is 2.00 bits per heavy atom. The fourth-order valence-electron chi connectivity index (χ4n) is 2.60. The topological polar surface area (TPSA) is 76.7 Å². The monoisotopic (exact) mass is 370 g/mol. The Hall–Kier alpha value is -1.79. The van der Waals surface area contributed by atoms with Crippen LogP contribution in [0.25, 0.3) is 0 Å². The van der Waals surface area contributed by atoms with Gasteiger partial charge in [-0.15, -0.1) is 12.4 Å². The molecule has 1 aromatic carbocycles. The van der Waals surface area contributed by atoms with Gasteiger partial charge >= 0.3 is 5.97 Å². The van der Waals surface area contributed by atoms with Crippen LogP contribution in [0.15, 0.2) is 24.3 Å².